The van der Waals surface area contributed by atoms with Crippen LogP contribution in [-0.4, -0.2) is 17.6 Å². The molecule has 2 N–H and O–H groups in total. The Bertz CT molecular complexity index is 672. The zero-order valence-electron chi connectivity index (χ0n) is 10.6. The van der Waals surface area contributed by atoms with E-state index in [2.05, 4.69) is 17.2 Å². The van der Waals surface area contributed by atoms with Gasteiger partial charge in [0, 0.05) is 11.3 Å². The number of carbonyl (C=O) groups excluding carboxylic acids is 1. The number of para-hydroxylation sites is 1. The molecular weight excluding hydrogens is 257 g/mol. The number of carbonyl (C=O) groups is 1. The number of halogens is 1. The number of aliphatic hydroxyl groups is 1. The predicted octanol–water partition coefficient (Wildman–Crippen LogP) is 2.42. The zero-order valence-corrected chi connectivity index (χ0v) is 10.6. The summed E-state index contributed by atoms with van der Waals surface area (Å²) in [6, 6.07) is 12.9. The third kappa shape index (κ3) is 3.44. The van der Waals surface area contributed by atoms with E-state index in [0.717, 1.165) is 0 Å². The Kier molecular flexibility index (Phi) is 4.48. The van der Waals surface area contributed by atoms with Crippen LogP contribution in [0.2, 0.25) is 0 Å². The lowest BCUT2D eigenvalue weighted by molar-refractivity contribution is 0.102. The van der Waals surface area contributed by atoms with Crippen LogP contribution in [0.5, 0.6) is 0 Å². The van der Waals surface area contributed by atoms with Gasteiger partial charge in [-0.15, -0.1) is 0 Å². The Morgan fingerprint density at radius 3 is 2.60 bits per heavy atom. The van der Waals surface area contributed by atoms with Crippen LogP contribution in [0.4, 0.5) is 10.1 Å². The molecule has 2 rings (SSSR count). The minimum atomic E-state index is -0.650. The molecule has 0 aromatic heterocycles. The Labute approximate surface area is 116 Å². The highest BCUT2D eigenvalue weighted by Crippen LogP contribution is 2.13. The Balaban J connectivity index is 2.18. The molecule has 2 aromatic carbocycles. The van der Waals surface area contributed by atoms with Gasteiger partial charge in [0.15, 0.2) is 0 Å². The van der Waals surface area contributed by atoms with Crippen molar-refractivity contribution in [1.29, 1.82) is 0 Å². The first-order valence-corrected chi connectivity index (χ1v) is 5.96. The van der Waals surface area contributed by atoms with Gasteiger partial charge in [0.05, 0.1) is 5.56 Å². The molecule has 0 heterocycles. The number of benzene rings is 2. The fraction of sp³-hybridized carbons (Fsp3) is 0.0625. The standard InChI is InChI=1S/C16H12FNO2/c17-15-11-12(5-4-10-19)8-9-14(15)16(20)18-13-6-2-1-3-7-13/h1-3,6-9,11,19H,10H2,(H,18,20). The minimum absolute atomic E-state index is 0.0524. The average Bonchev–Trinajstić information content (AvgIpc) is 2.46. The monoisotopic (exact) mass is 269 g/mol. The van der Waals surface area contributed by atoms with Gasteiger partial charge >= 0.3 is 0 Å². The molecule has 0 aliphatic rings. The molecule has 0 fully saturated rings. The molecule has 0 aliphatic carbocycles. The summed E-state index contributed by atoms with van der Waals surface area (Å²) < 4.78 is 13.8. The van der Waals surface area contributed by atoms with E-state index < -0.39 is 11.7 Å². The number of aliphatic hydroxyl groups excluding tert-OH is 1. The molecule has 100 valence electrons. The fourth-order valence-corrected chi connectivity index (χ4v) is 1.64. The zero-order chi connectivity index (χ0) is 14.4. The van der Waals surface area contributed by atoms with E-state index in [1.165, 1.54) is 18.2 Å². The van der Waals surface area contributed by atoms with Gasteiger partial charge in [-0.05, 0) is 30.3 Å². The van der Waals surface area contributed by atoms with Crippen molar-refractivity contribution < 1.29 is 14.3 Å². The topological polar surface area (TPSA) is 49.3 Å². The highest BCUT2D eigenvalue weighted by Gasteiger charge is 2.11. The Hall–Kier alpha value is -2.64. The van der Waals surface area contributed by atoms with Gasteiger partial charge in [-0.2, -0.15) is 0 Å². The molecule has 0 bridgehead atoms. The van der Waals surface area contributed by atoms with Crippen LogP contribution in [-0.2, 0) is 0 Å². The fourth-order valence-electron chi connectivity index (χ4n) is 1.64. The Morgan fingerprint density at radius 1 is 1.20 bits per heavy atom. The molecule has 3 nitrogen and oxygen atoms in total. The highest BCUT2D eigenvalue weighted by molar-refractivity contribution is 6.04. The number of hydrogen-bond acceptors (Lipinski definition) is 2. The molecule has 2 aromatic rings. The summed E-state index contributed by atoms with van der Waals surface area (Å²) in [4.78, 5) is 11.9. The van der Waals surface area contributed by atoms with Crippen molar-refractivity contribution in [1.82, 2.24) is 0 Å². The molecular formula is C16H12FNO2. The van der Waals surface area contributed by atoms with Gasteiger partial charge in [0.1, 0.15) is 12.4 Å². The summed E-state index contributed by atoms with van der Waals surface area (Å²) in [7, 11) is 0. The lowest BCUT2D eigenvalue weighted by Gasteiger charge is -2.06. The third-order valence-corrected chi connectivity index (χ3v) is 2.56. The van der Waals surface area contributed by atoms with Crippen LogP contribution in [0.25, 0.3) is 0 Å². The van der Waals surface area contributed by atoms with E-state index in [1.54, 1.807) is 24.3 Å². The maximum atomic E-state index is 13.8. The van der Waals surface area contributed by atoms with Crippen molar-refractivity contribution in [3.05, 3.63) is 65.5 Å². The van der Waals surface area contributed by atoms with Crippen molar-refractivity contribution >= 4 is 11.6 Å². The van der Waals surface area contributed by atoms with Gasteiger partial charge in [-0.1, -0.05) is 30.0 Å². The van der Waals surface area contributed by atoms with Crippen molar-refractivity contribution in [2.75, 3.05) is 11.9 Å². The van der Waals surface area contributed by atoms with Gasteiger partial charge in [-0.25, -0.2) is 4.39 Å². The van der Waals surface area contributed by atoms with Gasteiger partial charge in [-0.3, -0.25) is 4.79 Å². The molecule has 1 amide bonds. The summed E-state index contributed by atoms with van der Waals surface area (Å²) in [6.45, 7) is -0.294. The molecule has 20 heavy (non-hydrogen) atoms. The van der Waals surface area contributed by atoms with E-state index in [1.807, 2.05) is 6.07 Å². The largest absolute Gasteiger partial charge is 0.384 e. The van der Waals surface area contributed by atoms with Crippen molar-refractivity contribution in [2.45, 2.75) is 0 Å². The molecule has 0 atom stereocenters. The number of rotatable bonds is 2. The molecule has 4 heteroatoms. The SMILES string of the molecule is O=C(Nc1ccccc1)c1ccc(C#CCO)cc1F. The number of hydrogen-bond donors (Lipinski definition) is 2. The van der Waals surface area contributed by atoms with Crippen LogP contribution in [0.1, 0.15) is 15.9 Å². The summed E-state index contributed by atoms with van der Waals surface area (Å²) in [6.07, 6.45) is 0. The van der Waals surface area contributed by atoms with E-state index in [0.29, 0.717) is 11.3 Å². The minimum Gasteiger partial charge on any atom is -0.384 e. The summed E-state index contributed by atoms with van der Waals surface area (Å²) in [5, 5.41) is 11.2. The van der Waals surface area contributed by atoms with E-state index in [4.69, 9.17) is 5.11 Å². The lowest BCUT2D eigenvalue weighted by Crippen LogP contribution is -2.13. The third-order valence-electron chi connectivity index (χ3n) is 2.56. The number of amides is 1. The van der Waals surface area contributed by atoms with E-state index in [-0.39, 0.29) is 12.2 Å². The second kappa shape index (κ2) is 6.50. The lowest BCUT2D eigenvalue weighted by atomic mass is 10.1. The van der Waals surface area contributed by atoms with Crippen LogP contribution >= 0.6 is 0 Å². The smallest absolute Gasteiger partial charge is 0.258 e. The first-order chi connectivity index (χ1) is 9.70. The van der Waals surface area contributed by atoms with Gasteiger partial charge in [0.2, 0.25) is 0 Å². The maximum Gasteiger partial charge on any atom is 0.258 e. The highest BCUT2D eigenvalue weighted by atomic mass is 19.1. The summed E-state index contributed by atoms with van der Waals surface area (Å²) in [5.74, 6) is 3.83. The van der Waals surface area contributed by atoms with Crippen LogP contribution in [0.3, 0.4) is 0 Å². The van der Waals surface area contributed by atoms with Crippen LogP contribution in [0.15, 0.2) is 48.5 Å². The Morgan fingerprint density at radius 2 is 1.95 bits per heavy atom. The quantitative estimate of drug-likeness (QED) is 0.823. The number of anilines is 1. The number of nitrogens with one attached hydrogen (secondary N) is 1. The van der Waals surface area contributed by atoms with Crippen molar-refractivity contribution in [3.63, 3.8) is 0 Å². The first-order valence-electron chi connectivity index (χ1n) is 5.96. The van der Waals surface area contributed by atoms with Crippen molar-refractivity contribution in [3.8, 4) is 11.8 Å². The molecule has 0 saturated heterocycles. The normalized spacial score (nSPS) is 9.50. The second-order valence-electron chi connectivity index (χ2n) is 3.97. The molecule has 0 radical (unpaired) electrons. The molecule has 0 unspecified atom stereocenters. The van der Waals surface area contributed by atoms with Gasteiger partial charge in [0.25, 0.3) is 5.91 Å². The predicted molar refractivity (Wildman–Crippen MR) is 74.8 cm³/mol. The molecule has 0 saturated carbocycles. The van der Waals surface area contributed by atoms with E-state index >= 15 is 0 Å². The second-order valence-corrected chi connectivity index (χ2v) is 3.97. The average molecular weight is 269 g/mol. The summed E-state index contributed by atoms with van der Waals surface area (Å²) >= 11 is 0. The first kappa shape index (κ1) is 13.8. The van der Waals surface area contributed by atoms with Gasteiger partial charge < -0.3 is 10.4 Å². The molecule has 0 spiro atoms. The van der Waals surface area contributed by atoms with Crippen molar-refractivity contribution in [2.24, 2.45) is 0 Å². The van der Waals surface area contributed by atoms with E-state index in [9.17, 15) is 9.18 Å². The summed E-state index contributed by atoms with van der Waals surface area (Å²) in [5.41, 5.74) is 0.956. The van der Waals surface area contributed by atoms with Crippen LogP contribution in [0, 0.1) is 17.7 Å². The molecule has 0 aliphatic heterocycles. The van der Waals surface area contributed by atoms with Crippen LogP contribution < -0.4 is 5.32 Å². The maximum absolute atomic E-state index is 13.8.